The van der Waals surface area contributed by atoms with Crippen molar-refractivity contribution < 1.29 is 14.4 Å². The number of amides is 4. The van der Waals surface area contributed by atoms with Crippen LogP contribution in [0.4, 0.5) is 4.79 Å². The van der Waals surface area contributed by atoms with Gasteiger partial charge in [0.05, 0.1) is 0 Å². The molecule has 1 atom stereocenters. The maximum Gasteiger partial charge on any atom is 0.344 e. The van der Waals surface area contributed by atoms with E-state index in [-0.39, 0.29) is 0 Å². The van der Waals surface area contributed by atoms with E-state index >= 15 is 0 Å². The first-order valence-corrected chi connectivity index (χ1v) is 10.4. The van der Waals surface area contributed by atoms with Gasteiger partial charge in [0, 0.05) is 11.3 Å². The van der Waals surface area contributed by atoms with Crippen LogP contribution in [0, 0.1) is 0 Å². The topological polar surface area (TPSA) is 78.5 Å². The molecule has 28 heavy (non-hydrogen) atoms. The third-order valence-corrected chi connectivity index (χ3v) is 5.38. The predicted molar refractivity (Wildman–Crippen MR) is 110 cm³/mol. The molecular formula is C21H23N3O3S. The van der Waals surface area contributed by atoms with E-state index in [1.54, 1.807) is 30.8 Å². The van der Waals surface area contributed by atoms with Gasteiger partial charge in [0.1, 0.15) is 5.54 Å². The molecule has 2 aromatic rings. The summed E-state index contributed by atoms with van der Waals surface area (Å²) in [5.74, 6) is -0.0957. The molecular weight excluding hydrogens is 374 g/mol. The van der Waals surface area contributed by atoms with Crippen LogP contribution in [0.5, 0.6) is 0 Å². The zero-order valence-electron chi connectivity index (χ0n) is 15.9. The molecule has 1 aliphatic rings. The van der Waals surface area contributed by atoms with E-state index in [0.717, 1.165) is 21.9 Å². The Morgan fingerprint density at radius 1 is 1.07 bits per heavy atom. The minimum atomic E-state index is -1.05. The van der Waals surface area contributed by atoms with Crippen LogP contribution >= 0.6 is 11.8 Å². The standard InChI is InChI=1S/C21H23N3O3S/c1-21(13-12-15-6-4-3-5-7-15)19(26)24(20(27)22-21)23-18(25)17-10-8-16(9-11-17)14-28-2/h3-11H,12-14H2,1-2H3,(H,22,27)(H,23,25). The molecule has 0 spiro atoms. The van der Waals surface area contributed by atoms with E-state index in [2.05, 4.69) is 10.7 Å². The summed E-state index contributed by atoms with van der Waals surface area (Å²) in [6, 6.07) is 16.2. The number of rotatable bonds is 7. The molecule has 2 N–H and O–H groups in total. The number of thioether (sulfide) groups is 1. The zero-order chi connectivity index (χ0) is 20.1. The normalized spacial score (nSPS) is 18.9. The maximum atomic E-state index is 12.8. The van der Waals surface area contributed by atoms with Crippen LogP contribution in [-0.4, -0.2) is 34.6 Å². The van der Waals surface area contributed by atoms with Crippen molar-refractivity contribution >= 4 is 29.6 Å². The van der Waals surface area contributed by atoms with E-state index in [1.165, 1.54) is 0 Å². The molecule has 6 nitrogen and oxygen atoms in total. The summed E-state index contributed by atoms with van der Waals surface area (Å²) >= 11 is 1.69. The number of nitrogens with one attached hydrogen (secondary N) is 2. The first-order chi connectivity index (χ1) is 13.4. The number of hydrogen-bond donors (Lipinski definition) is 2. The van der Waals surface area contributed by atoms with E-state index < -0.39 is 23.4 Å². The van der Waals surface area contributed by atoms with Crippen LogP contribution in [0.1, 0.15) is 34.8 Å². The van der Waals surface area contributed by atoms with Gasteiger partial charge in [0.25, 0.3) is 11.8 Å². The van der Waals surface area contributed by atoms with Crippen molar-refractivity contribution in [2.75, 3.05) is 6.26 Å². The van der Waals surface area contributed by atoms with Gasteiger partial charge < -0.3 is 5.32 Å². The second-order valence-corrected chi connectivity index (χ2v) is 7.83. The van der Waals surface area contributed by atoms with Gasteiger partial charge in [-0.2, -0.15) is 16.8 Å². The molecule has 1 fully saturated rings. The van der Waals surface area contributed by atoms with Gasteiger partial charge in [0.2, 0.25) is 0 Å². The predicted octanol–water partition coefficient (Wildman–Crippen LogP) is 3.14. The van der Waals surface area contributed by atoms with E-state index in [9.17, 15) is 14.4 Å². The van der Waals surface area contributed by atoms with Crippen molar-refractivity contribution in [1.82, 2.24) is 15.8 Å². The molecule has 1 unspecified atom stereocenters. The lowest BCUT2D eigenvalue weighted by molar-refractivity contribution is -0.132. The Morgan fingerprint density at radius 2 is 1.75 bits per heavy atom. The van der Waals surface area contributed by atoms with E-state index in [0.29, 0.717) is 18.4 Å². The lowest BCUT2D eigenvalue weighted by Gasteiger charge is -2.21. The van der Waals surface area contributed by atoms with Crippen LogP contribution in [-0.2, 0) is 17.0 Å². The third-order valence-electron chi connectivity index (χ3n) is 4.76. The van der Waals surface area contributed by atoms with Gasteiger partial charge >= 0.3 is 6.03 Å². The summed E-state index contributed by atoms with van der Waals surface area (Å²) in [6.07, 6.45) is 3.09. The fraction of sp³-hybridized carbons (Fsp3) is 0.286. The number of aryl methyl sites for hydroxylation is 1. The first-order valence-electron chi connectivity index (χ1n) is 9.02. The second kappa shape index (κ2) is 8.48. The molecule has 1 heterocycles. The Bertz CT molecular complexity index is 870. The van der Waals surface area contributed by atoms with Gasteiger partial charge in [-0.3, -0.25) is 15.0 Å². The summed E-state index contributed by atoms with van der Waals surface area (Å²) in [6.45, 7) is 1.68. The Balaban J connectivity index is 1.64. The number of imide groups is 1. The maximum absolute atomic E-state index is 12.8. The van der Waals surface area contributed by atoms with Crippen LogP contribution in [0.2, 0.25) is 0 Å². The molecule has 0 radical (unpaired) electrons. The molecule has 0 saturated carbocycles. The van der Waals surface area contributed by atoms with Gasteiger partial charge in [-0.1, -0.05) is 42.5 Å². The summed E-state index contributed by atoms with van der Waals surface area (Å²) in [7, 11) is 0. The molecule has 1 saturated heterocycles. The molecule has 1 aliphatic heterocycles. The highest BCUT2D eigenvalue weighted by Gasteiger charge is 2.48. The third kappa shape index (κ3) is 4.36. The van der Waals surface area contributed by atoms with Crippen molar-refractivity contribution in [3.8, 4) is 0 Å². The molecule has 0 aromatic heterocycles. The fourth-order valence-corrected chi connectivity index (χ4v) is 3.61. The number of hydrazine groups is 1. The van der Waals surface area contributed by atoms with Gasteiger partial charge in [-0.15, -0.1) is 0 Å². The van der Waals surface area contributed by atoms with Crippen LogP contribution in [0.3, 0.4) is 0 Å². The second-order valence-electron chi connectivity index (χ2n) is 6.96. The quantitative estimate of drug-likeness (QED) is 0.704. The smallest absolute Gasteiger partial charge is 0.322 e. The number of carbonyl (C=O) groups is 3. The first kappa shape index (κ1) is 19.9. The summed E-state index contributed by atoms with van der Waals surface area (Å²) < 4.78 is 0. The van der Waals surface area contributed by atoms with Crippen molar-refractivity contribution in [3.05, 3.63) is 71.3 Å². The van der Waals surface area contributed by atoms with Gasteiger partial charge in [0.15, 0.2) is 0 Å². The minimum absolute atomic E-state index is 0.392. The lowest BCUT2D eigenvalue weighted by Crippen LogP contribution is -2.48. The fourth-order valence-electron chi connectivity index (χ4n) is 3.08. The Kier molecular flexibility index (Phi) is 6.04. The highest BCUT2D eigenvalue weighted by molar-refractivity contribution is 7.97. The number of carbonyl (C=O) groups excluding carboxylic acids is 3. The SMILES string of the molecule is CSCc1ccc(C(=O)NN2C(=O)NC(C)(CCc3ccccc3)C2=O)cc1. The number of hydrogen-bond acceptors (Lipinski definition) is 4. The minimum Gasteiger partial charge on any atom is -0.322 e. The average molecular weight is 398 g/mol. The van der Waals surface area contributed by atoms with Crippen molar-refractivity contribution in [2.45, 2.75) is 31.1 Å². The molecule has 4 amide bonds. The monoisotopic (exact) mass is 397 g/mol. The lowest BCUT2D eigenvalue weighted by atomic mass is 9.93. The van der Waals surface area contributed by atoms with E-state index in [1.807, 2.05) is 48.7 Å². The molecule has 7 heteroatoms. The van der Waals surface area contributed by atoms with Crippen LogP contribution in [0.15, 0.2) is 54.6 Å². The molecule has 3 rings (SSSR count). The average Bonchev–Trinajstić information content (AvgIpc) is 2.91. The number of benzene rings is 2. The Morgan fingerprint density at radius 3 is 2.39 bits per heavy atom. The number of urea groups is 1. The van der Waals surface area contributed by atoms with Crippen LogP contribution in [0.25, 0.3) is 0 Å². The molecule has 0 aliphatic carbocycles. The molecule has 0 bridgehead atoms. The largest absolute Gasteiger partial charge is 0.344 e. The molecule has 146 valence electrons. The van der Waals surface area contributed by atoms with Gasteiger partial charge in [-0.05, 0) is 49.3 Å². The molecule has 2 aromatic carbocycles. The highest BCUT2D eigenvalue weighted by atomic mass is 32.2. The van der Waals surface area contributed by atoms with Crippen LogP contribution < -0.4 is 10.7 Å². The van der Waals surface area contributed by atoms with Crippen molar-refractivity contribution in [1.29, 1.82) is 0 Å². The summed E-state index contributed by atoms with van der Waals surface area (Å²) in [5, 5.41) is 3.48. The van der Waals surface area contributed by atoms with E-state index in [4.69, 9.17) is 0 Å². The Labute approximate surface area is 168 Å². The highest BCUT2D eigenvalue weighted by Crippen LogP contribution is 2.22. The Hall–Kier alpha value is -2.80. The zero-order valence-corrected chi connectivity index (χ0v) is 16.7. The van der Waals surface area contributed by atoms with Gasteiger partial charge in [-0.25, -0.2) is 4.79 Å². The van der Waals surface area contributed by atoms with Crippen molar-refractivity contribution in [2.24, 2.45) is 0 Å². The van der Waals surface area contributed by atoms with Crippen molar-refractivity contribution in [3.63, 3.8) is 0 Å². The summed E-state index contributed by atoms with van der Waals surface area (Å²) in [4.78, 5) is 37.5. The summed E-state index contributed by atoms with van der Waals surface area (Å²) in [5.41, 5.74) is 3.95. The number of nitrogens with zero attached hydrogens (tertiary/aromatic N) is 1.